The van der Waals surface area contributed by atoms with Gasteiger partial charge in [0.05, 0.1) is 13.2 Å². The largest absolute Gasteiger partial charge is 0.493 e. The van der Waals surface area contributed by atoms with Crippen LogP contribution in [0.25, 0.3) is 0 Å². The topological polar surface area (TPSA) is 62.8 Å². The number of amides is 1. The lowest BCUT2D eigenvalue weighted by molar-refractivity contribution is -0.130. The molecule has 2 aliphatic rings. The number of hydrogen-bond acceptors (Lipinski definition) is 4. The quantitative estimate of drug-likeness (QED) is 0.395. The molecule has 1 saturated heterocycles. The van der Waals surface area contributed by atoms with Crippen molar-refractivity contribution in [3.8, 4) is 11.5 Å². The second-order valence-corrected chi connectivity index (χ2v) is 10.4. The van der Waals surface area contributed by atoms with Crippen molar-refractivity contribution in [3.05, 3.63) is 81.8 Å². The van der Waals surface area contributed by atoms with E-state index in [-0.39, 0.29) is 5.91 Å². The number of thiocarbonyl (C=S) groups is 1. The third-order valence-electron chi connectivity index (χ3n) is 6.70. The number of hydrogen-bond donors (Lipinski definition) is 2. The summed E-state index contributed by atoms with van der Waals surface area (Å²) in [6.45, 7) is 5.93. The van der Waals surface area contributed by atoms with E-state index in [1.807, 2.05) is 80.3 Å². The molecule has 2 aliphatic heterocycles. The predicted molar refractivity (Wildman–Crippen MR) is 145 cm³/mol. The third-order valence-corrected chi connectivity index (χ3v) is 7.49. The number of rotatable bonds is 4. The van der Waals surface area contributed by atoms with Crippen LogP contribution in [-0.4, -0.2) is 23.9 Å². The van der Waals surface area contributed by atoms with Crippen molar-refractivity contribution in [3.63, 3.8) is 0 Å². The Bertz CT molecular complexity index is 1350. The van der Waals surface area contributed by atoms with Gasteiger partial charge in [0, 0.05) is 21.4 Å². The lowest BCUT2D eigenvalue weighted by atomic mass is 9.78. The summed E-state index contributed by atoms with van der Waals surface area (Å²) in [4.78, 5) is 15.9. The zero-order valence-corrected chi connectivity index (χ0v) is 22.3. The summed E-state index contributed by atoms with van der Waals surface area (Å²) in [5.74, 6) is 0.422. The maximum Gasteiger partial charge on any atom is 0.236 e. The second kappa shape index (κ2) is 8.84. The van der Waals surface area contributed by atoms with Gasteiger partial charge < -0.3 is 20.1 Å². The Kier molecular flexibility index (Phi) is 5.97. The fourth-order valence-electron chi connectivity index (χ4n) is 5.10. The molecule has 0 aromatic heterocycles. The van der Waals surface area contributed by atoms with Gasteiger partial charge in [0.2, 0.25) is 5.91 Å². The van der Waals surface area contributed by atoms with Gasteiger partial charge in [-0.1, -0.05) is 51.8 Å². The molecule has 3 aromatic carbocycles. The van der Waals surface area contributed by atoms with Crippen LogP contribution in [0.1, 0.15) is 29.7 Å². The van der Waals surface area contributed by atoms with Crippen molar-refractivity contribution in [1.29, 1.82) is 0 Å². The molecule has 0 aliphatic carbocycles. The Hall–Kier alpha value is -3.10. The molecule has 2 heterocycles. The first-order valence-electron chi connectivity index (χ1n) is 11.3. The van der Waals surface area contributed by atoms with Crippen molar-refractivity contribution in [2.75, 3.05) is 17.3 Å². The Labute approximate surface area is 218 Å². The Morgan fingerprint density at radius 3 is 2.66 bits per heavy atom. The van der Waals surface area contributed by atoms with Gasteiger partial charge in [-0.2, -0.15) is 0 Å². The molecule has 8 heteroatoms. The number of anilines is 2. The number of ether oxygens (including phenoxy) is 2. The molecule has 5 rings (SSSR count). The van der Waals surface area contributed by atoms with Gasteiger partial charge >= 0.3 is 0 Å². The number of nitrogens with one attached hydrogen (secondary N) is 2. The second-order valence-electron chi connectivity index (χ2n) is 9.06. The van der Waals surface area contributed by atoms with Crippen LogP contribution in [-0.2, 0) is 4.79 Å². The Morgan fingerprint density at radius 2 is 1.94 bits per heavy atom. The lowest BCUT2D eigenvalue weighted by Crippen LogP contribution is -2.72. The van der Waals surface area contributed by atoms with E-state index in [4.69, 9.17) is 21.7 Å². The van der Waals surface area contributed by atoms with Crippen LogP contribution in [0.4, 0.5) is 11.4 Å². The molecular formula is C27H26BrN3O3S. The monoisotopic (exact) mass is 551 g/mol. The summed E-state index contributed by atoms with van der Waals surface area (Å²) < 4.78 is 13.2. The summed E-state index contributed by atoms with van der Waals surface area (Å²) in [5.41, 5.74) is 3.42. The van der Waals surface area contributed by atoms with Crippen LogP contribution in [0.3, 0.4) is 0 Å². The zero-order valence-electron chi connectivity index (χ0n) is 19.9. The number of para-hydroxylation sites is 1. The summed E-state index contributed by atoms with van der Waals surface area (Å²) in [6.07, 6.45) is 0. The van der Waals surface area contributed by atoms with Gasteiger partial charge in [0.15, 0.2) is 22.3 Å². The lowest BCUT2D eigenvalue weighted by Gasteiger charge is -2.56. The summed E-state index contributed by atoms with van der Waals surface area (Å²) >= 11 is 9.38. The highest BCUT2D eigenvalue weighted by Gasteiger charge is 2.59. The number of carbonyl (C=O) groups excluding carboxylic acids is 1. The van der Waals surface area contributed by atoms with Gasteiger partial charge in [-0.05, 0) is 68.9 Å². The summed E-state index contributed by atoms with van der Waals surface area (Å²) in [7, 11) is 1.61. The van der Waals surface area contributed by atoms with E-state index >= 15 is 0 Å². The smallest absolute Gasteiger partial charge is 0.236 e. The van der Waals surface area contributed by atoms with E-state index in [0.717, 1.165) is 32.5 Å². The highest BCUT2D eigenvalue weighted by atomic mass is 79.9. The molecule has 2 bridgehead atoms. The number of aryl methyl sites for hydroxylation is 2. The fourth-order valence-corrected chi connectivity index (χ4v) is 5.90. The van der Waals surface area contributed by atoms with E-state index in [2.05, 4.69) is 32.6 Å². The number of benzene rings is 3. The SMILES string of the molecule is COc1cccc2c1O[C@@]1(C)[C@H](C(=O)Nc3ccc(C)cc3C)[C@H]2NC(=S)N1c1cccc(Br)c1. The zero-order chi connectivity index (χ0) is 24.9. The molecular weight excluding hydrogens is 526 g/mol. The third kappa shape index (κ3) is 3.94. The number of carbonyl (C=O) groups is 1. The predicted octanol–water partition coefficient (Wildman–Crippen LogP) is 5.87. The van der Waals surface area contributed by atoms with Crippen LogP contribution in [0.2, 0.25) is 0 Å². The minimum atomic E-state index is -1.13. The van der Waals surface area contributed by atoms with Crippen molar-refractivity contribution >= 4 is 50.5 Å². The number of methoxy groups -OCH3 is 1. The molecule has 3 aromatic rings. The van der Waals surface area contributed by atoms with Gasteiger partial charge in [-0.25, -0.2) is 0 Å². The molecule has 3 atom stereocenters. The van der Waals surface area contributed by atoms with Gasteiger partial charge in [-0.15, -0.1) is 0 Å². The van der Waals surface area contributed by atoms with Gasteiger partial charge in [-0.3, -0.25) is 9.69 Å². The average molecular weight is 552 g/mol. The van der Waals surface area contributed by atoms with E-state index in [9.17, 15) is 4.79 Å². The van der Waals surface area contributed by atoms with E-state index in [1.54, 1.807) is 7.11 Å². The summed E-state index contributed by atoms with van der Waals surface area (Å²) in [5, 5.41) is 7.07. The molecule has 0 unspecified atom stereocenters. The molecule has 35 heavy (non-hydrogen) atoms. The van der Waals surface area contributed by atoms with Gasteiger partial charge in [0.1, 0.15) is 5.92 Å². The maximum atomic E-state index is 14.0. The Morgan fingerprint density at radius 1 is 1.17 bits per heavy atom. The minimum Gasteiger partial charge on any atom is -0.493 e. The molecule has 1 amide bonds. The van der Waals surface area contributed by atoms with E-state index in [0.29, 0.717) is 16.6 Å². The number of fused-ring (bicyclic) bond motifs is 4. The standard InChI is InChI=1S/C27H26BrN3O3S/c1-15-11-12-20(16(2)13-15)29-25(32)22-23-19-9-6-10-21(33-4)24(19)34-27(22,3)31(26(35)30-23)18-8-5-7-17(28)14-18/h5-14,22-23H,1-4H3,(H,29,32)(H,30,35)/t22-,23-,27-/m0/s1. The minimum absolute atomic E-state index is 0.159. The number of halogens is 1. The van der Waals surface area contributed by atoms with Crippen LogP contribution in [0, 0.1) is 19.8 Å². The molecule has 1 fully saturated rings. The molecule has 0 spiro atoms. The van der Waals surface area contributed by atoms with Crippen LogP contribution >= 0.6 is 28.1 Å². The van der Waals surface area contributed by atoms with Crippen LogP contribution in [0.15, 0.2) is 65.1 Å². The molecule has 0 radical (unpaired) electrons. The Balaban J connectivity index is 1.65. The number of nitrogens with zero attached hydrogens (tertiary/aromatic N) is 1. The van der Waals surface area contributed by atoms with E-state index < -0.39 is 17.7 Å². The maximum absolute atomic E-state index is 14.0. The van der Waals surface area contributed by atoms with Crippen molar-refractivity contribution in [2.45, 2.75) is 32.5 Å². The van der Waals surface area contributed by atoms with Gasteiger partial charge in [0.25, 0.3) is 0 Å². The fraction of sp³-hybridized carbons (Fsp3) is 0.259. The first-order valence-corrected chi connectivity index (χ1v) is 12.5. The molecule has 2 N–H and O–H groups in total. The van der Waals surface area contributed by atoms with Crippen molar-refractivity contribution in [2.24, 2.45) is 5.92 Å². The first-order chi connectivity index (χ1) is 16.7. The highest BCUT2D eigenvalue weighted by Crippen LogP contribution is 2.52. The summed E-state index contributed by atoms with van der Waals surface area (Å²) in [6, 6.07) is 19.1. The van der Waals surface area contributed by atoms with Crippen molar-refractivity contribution < 1.29 is 14.3 Å². The molecule has 0 saturated carbocycles. The van der Waals surface area contributed by atoms with Crippen molar-refractivity contribution in [1.82, 2.24) is 5.32 Å². The average Bonchev–Trinajstić information content (AvgIpc) is 2.80. The van der Waals surface area contributed by atoms with Crippen LogP contribution in [0.5, 0.6) is 11.5 Å². The first kappa shape index (κ1) is 23.6. The highest BCUT2D eigenvalue weighted by molar-refractivity contribution is 9.10. The molecule has 6 nitrogen and oxygen atoms in total. The molecule has 180 valence electrons. The van der Waals surface area contributed by atoms with Crippen LogP contribution < -0.4 is 25.0 Å². The van der Waals surface area contributed by atoms with E-state index in [1.165, 1.54) is 0 Å². The normalized spacial score (nSPS) is 22.5.